The average molecular weight is 1080 g/mol. The molecule has 0 aliphatic carbocycles. The van der Waals surface area contributed by atoms with Crippen LogP contribution in [0.5, 0.6) is 0 Å². The van der Waals surface area contributed by atoms with Crippen molar-refractivity contribution < 1.29 is 24.5 Å². The zero-order valence-corrected chi connectivity index (χ0v) is 52.0. The number of esters is 1. The van der Waals surface area contributed by atoms with Gasteiger partial charge in [0.15, 0.2) is 0 Å². The number of allylic oxidation sites excluding steroid dienone is 5. The number of carbonyl (C=O) groups is 2. The number of hydrogen-bond donors (Lipinski definition) is 3. The van der Waals surface area contributed by atoms with Gasteiger partial charge in [-0.05, 0) is 64.2 Å². The summed E-state index contributed by atoms with van der Waals surface area (Å²) >= 11 is 0. The molecule has 6 heteroatoms. The van der Waals surface area contributed by atoms with Crippen LogP contribution in [0.15, 0.2) is 36.5 Å². The molecule has 1 amide bonds. The molecule has 0 saturated heterocycles. The van der Waals surface area contributed by atoms with Crippen LogP contribution in [0.2, 0.25) is 0 Å². The molecule has 0 fully saturated rings. The Hall–Kier alpha value is -1.92. The summed E-state index contributed by atoms with van der Waals surface area (Å²) in [7, 11) is 0. The van der Waals surface area contributed by atoms with E-state index in [-0.39, 0.29) is 18.5 Å². The van der Waals surface area contributed by atoms with Gasteiger partial charge >= 0.3 is 5.97 Å². The lowest BCUT2D eigenvalue weighted by Gasteiger charge is -2.20. The van der Waals surface area contributed by atoms with Gasteiger partial charge in [-0.25, -0.2) is 0 Å². The van der Waals surface area contributed by atoms with Gasteiger partial charge < -0.3 is 20.3 Å². The highest BCUT2D eigenvalue weighted by atomic mass is 16.5. The molecule has 77 heavy (non-hydrogen) atoms. The molecule has 0 aromatic heterocycles. The summed E-state index contributed by atoms with van der Waals surface area (Å²) in [5.74, 6) is -0.0540. The third-order valence-corrected chi connectivity index (χ3v) is 16.2. The molecule has 0 spiro atoms. The summed E-state index contributed by atoms with van der Waals surface area (Å²) in [5.41, 5.74) is 0. The molecule has 0 saturated carbocycles. The summed E-state index contributed by atoms with van der Waals surface area (Å²) in [6.07, 6.45) is 85.0. The molecule has 0 heterocycles. The lowest BCUT2D eigenvalue weighted by molar-refractivity contribution is -0.143. The number of carbonyl (C=O) groups excluding carboxylic acids is 2. The maximum atomic E-state index is 12.5. The minimum Gasteiger partial charge on any atom is -0.466 e. The van der Waals surface area contributed by atoms with E-state index < -0.39 is 12.1 Å². The van der Waals surface area contributed by atoms with Crippen molar-refractivity contribution in [2.75, 3.05) is 13.2 Å². The van der Waals surface area contributed by atoms with E-state index in [9.17, 15) is 19.8 Å². The molecule has 0 aliphatic heterocycles. The predicted octanol–water partition coefficient (Wildman–Crippen LogP) is 22.3. The zero-order chi connectivity index (χ0) is 55.7. The number of rotatable bonds is 65. The smallest absolute Gasteiger partial charge is 0.305 e. The number of amides is 1. The van der Waals surface area contributed by atoms with Gasteiger partial charge in [-0.3, -0.25) is 9.59 Å². The van der Waals surface area contributed by atoms with Gasteiger partial charge in [0.2, 0.25) is 5.91 Å². The number of aliphatic hydroxyl groups excluding tert-OH is 2. The lowest BCUT2D eigenvalue weighted by Crippen LogP contribution is -2.45. The number of ether oxygens (including phenoxy) is 1. The first-order chi connectivity index (χ1) is 38.0. The van der Waals surface area contributed by atoms with Crippen molar-refractivity contribution in [1.29, 1.82) is 0 Å². The average Bonchev–Trinajstić information content (AvgIpc) is 3.43. The fourth-order valence-electron chi connectivity index (χ4n) is 10.8. The molecule has 0 aromatic rings. The maximum absolute atomic E-state index is 12.5. The molecule has 6 nitrogen and oxygen atoms in total. The van der Waals surface area contributed by atoms with Crippen molar-refractivity contribution >= 4 is 11.9 Å². The summed E-state index contributed by atoms with van der Waals surface area (Å²) in [4.78, 5) is 24.5. The van der Waals surface area contributed by atoms with E-state index in [1.807, 2.05) is 6.08 Å². The molecule has 0 aliphatic rings. The highest BCUT2D eigenvalue weighted by Gasteiger charge is 2.18. The van der Waals surface area contributed by atoms with E-state index in [1.54, 1.807) is 6.08 Å². The molecular formula is C71H135NO5. The Kier molecular flexibility index (Phi) is 64.9. The Labute approximate surface area is 481 Å². The van der Waals surface area contributed by atoms with E-state index in [4.69, 9.17) is 4.74 Å². The van der Waals surface area contributed by atoms with Crippen molar-refractivity contribution in [3.05, 3.63) is 36.5 Å². The number of nitrogens with one attached hydrogen (secondary N) is 1. The summed E-state index contributed by atoms with van der Waals surface area (Å²) < 4.78 is 5.47. The van der Waals surface area contributed by atoms with Gasteiger partial charge in [0.05, 0.1) is 25.4 Å². The molecule has 0 rings (SSSR count). The first-order valence-corrected chi connectivity index (χ1v) is 34.8. The monoisotopic (exact) mass is 1080 g/mol. The van der Waals surface area contributed by atoms with E-state index in [0.29, 0.717) is 19.4 Å². The molecular weight excluding hydrogens is 947 g/mol. The van der Waals surface area contributed by atoms with E-state index in [1.165, 1.54) is 308 Å². The van der Waals surface area contributed by atoms with Gasteiger partial charge in [0, 0.05) is 12.8 Å². The highest BCUT2D eigenvalue weighted by molar-refractivity contribution is 5.76. The van der Waals surface area contributed by atoms with Gasteiger partial charge in [0.25, 0.3) is 0 Å². The third-order valence-electron chi connectivity index (χ3n) is 16.2. The second-order valence-electron chi connectivity index (χ2n) is 23.9. The molecule has 0 aromatic carbocycles. The quantitative estimate of drug-likeness (QED) is 0.0320. The minimum absolute atomic E-state index is 0.0117. The van der Waals surface area contributed by atoms with E-state index in [2.05, 4.69) is 43.5 Å². The predicted molar refractivity (Wildman–Crippen MR) is 338 cm³/mol. The molecule has 3 N–H and O–H groups in total. The first kappa shape index (κ1) is 75.1. The van der Waals surface area contributed by atoms with Crippen molar-refractivity contribution in [2.45, 2.75) is 392 Å². The SMILES string of the molecule is CCCCCCCCCCCCCCCCCCCC/C=C/C(O)C(CO)NC(=O)CCCCCCCCCCCCCCC/C=C\C/C=C\CCCCCCCCCCCOC(=O)CCCCCCCCCCCCC. The second-order valence-corrected chi connectivity index (χ2v) is 23.9. The van der Waals surface area contributed by atoms with Crippen LogP contribution in [-0.2, 0) is 14.3 Å². The van der Waals surface area contributed by atoms with Crippen LogP contribution in [0.4, 0.5) is 0 Å². The van der Waals surface area contributed by atoms with Crippen LogP contribution in [-0.4, -0.2) is 47.4 Å². The molecule has 0 bridgehead atoms. The topological polar surface area (TPSA) is 95.9 Å². The highest BCUT2D eigenvalue weighted by Crippen LogP contribution is 2.18. The van der Waals surface area contributed by atoms with Crippen LogP contribution < -0.4 is 5.32 Å². The van der Waals surface area contributed by atoms with Crippen molar-refractivity contribution in [3.63, 3.8) is 0 Å². The molecule has 2 unspecified atom stereocenters. The molecule has 0 radical (unpaired) electrons. The van der Waals surface area contributed by atoms with E-state index >= 15 is 0 Å². The zero-order valence-electron chi connectivity index (χ0n) is 52.0. The summed E-state index contributed by atoms with van der Waals surface area (Å²) in [5, 5.41) is 23.2. The van der Waals surface area contributed by atoms with E-state index in [0.717, 1.165) is 44.9 Å². The van der Waals surface area contributed by atoms with Crippen LogP contribution in [0, 0.1) is 0 Å². The Balaban J connectivity index is 3.43. The largest absolute Gasteiger partial charge is 0.466 e. The summed E-state index contributed by atoms with van der Waals surface area (Å²) in [6.45, 7) is 4.93. The normalized spacial score (nSPS) is 12.7. The number of hydrogen-bond acceptors (Lipinski definition) is 5. The number of aliphatic hydroxyl groups is 2. The molecule has 2 atom stereocenters. The Morgan fingerprint density at radius 3 is 0.987 bits per heavy atom. The molecule has 454 valence electrons. The fourth-order valence-corrected chi connectivity index (χ4v) is 10.8. The van der Waals surface area contributed by atoms with Crippen LogP contribution in [0.3, 0.4) is 0 Å². The van der Waals surface area contributed by atoms with Crippen molar-refractivity contribution in [2.24, 2.45) is 0 Å². The third kappa shape index (κ3) is 63.1. The second kappa shape index (κ2) is 66.6. The Bertz CT molecular complexity index is 1250. The minimum atomic E-state index is -0.846. The van der Waals surface area contributed by atoms with Crippen molar-refractivity contribution in [3.8, 4) is 0 Å². The fraction of sp³-hybridized carbons (Fsp3) is 0.887. The van der Waals surface area contributed by atoms with Gasteiger partial charge in [-0.15, -0.1) is 0 Å². The Morgan fingerprint density at radius 1 is 0.364 bits per heavy atom. The van der Waals surface area contributed by atoms with Gasteiger partial charge in [0.1, 0.15) is 0 Å². The summed E-state index contributed by atoms with van der Waals surface area (Å²) in [6, 6.07) is -0.630. The van der Waals surface area contributed by atoms with Gasteiger partial charge in [-0.1, -0.05) is 339 Å². The van der Waals surface area contributed by atoms with Gasteiger partial charge in [-0.2, -0.15) is 0 Å². The maximum Gasteiger partial charge on any atom is 0.305 e. The lowest BCUT2D eigenvalue weighted by atomic mass is 10.0. The Morgan fingerprint density at radius 2 is 0.649 bits per heavy atom. The number of unbranched alkanes of at least 4 members (excludes halogenated alkanes) is 50. The van der Waals surface area contributed by atoms with Crippen molar-refractivity contribution in [1.82, 2.24) is 5.32 Å². The van der Waals surface area contributed by atoms with Crippen LogP contribution in [0.25, 0.3) is 0 Å². The van der Waals surface area contributed by atoms with Crippen LogP contribution in [0.1, 0.15) is 380 Å². The standard InChI is InChI=1S/C71H135NO5/c1-3-5-7-9-11-13-15-16-17-18-19-31-34-37-40-44-47-51-55-59-63-69(74)68(67-73)72-70(75)64-60-56-52-48-45-41-38-35-32-29-27-25-23-21-20-22-24-26-28-30-33-36-39-42-46-50-54-58-62-66-77-71(76)65-61-57-53-49-43-14-12-10-8-6-4-2/h20,22,26,28,59,63,68-69,73-74H,3-19,21,23-25,27,29-58,60-62,64-67H2,1-2H3,(H,72,75)/b22-20-,28-26-,63-59+. The first-order valence-electron chi connectivity index (χ1n) is 34.8. The van der Waals surface area contributed by atoms with Crippen LogP contribution >= 0.6 is 0 Å².